The van der Waals surface area contributed by atoms with Crippen LogP contribution in [-0.4, -0.2) is 17.8 Å². The summed E-state index contributed by atoms with van der Waals surface area (Å²) in [5.41, 5.74) is 5.53. The smallest absolute Gasteiger partial charge is 0.0574 e. The molecule has 226 valence electrons. The van der Waals surface area contributed by atoms with Crippen molar-refractivity contribution in [2.75, 3.05) is 6.54 Å². The molecule has 0 aromatic rings. The summed E-state index contributed by atoms with van der Waals surface area (Å²) in [6.07, 6.45) is 47.5. The number of aliphatic hydroxyl groups excluding tert-OH is 1. The minimum Gasteiger partial charge on any atom is -0.393 e. The molecule has 2 nitrogen and oxygen atoms in total. The molecule has 3 N–H and O–H groups in total. The van der Waals surface area contributed by atoms with E-state index < -0.39 is 0 Å². The zero-order valence-corrected chi connectivity index (χ0v) is 26.1. The van der Waals surface area contributed by atoms with Crippen molar-refractivity contribution >= 4 is 0 Å². The second-order valence-electron chi connectivity index (χ2n) is 11.9. The van der Waals surface area contributed by atoms with Crippen LogP contribution >= 0.6 is 0 Å². The van der Waals surface area contributed by atoms with Crippen molar-refractivity contribution in [2.45, 2.75) is 199 Å². The van der Waals surface area contributed by atoms with Gasteiger partial charge in [0.1, 0.15) is 0 Å². The lowest BCUT2D eigenvalue weighted by Gasteiger charge is -2.07. The molecule has 0 heterocycles. The molecule has 2 heteroatoms. The fourth-order valence-corrected chi connectivity index (χ4v) is 5.29. The third kappa shape index (κ3) is 33.4. The quantitative estimate of drug-likeness (QED) is 0.0667. The SMILES string of the molecule is CCCCCCCC/C=C\CCCCCCCCCCCCCC[C@@H](O)C/C=C\CCCCCCCCN. The third-order valence-corrected chi connectivity index (χ3v) is 7.95. The van der Waals surface area contributed by atoms with E-state index in [1.54, 1.807) is 0 Å². The molecule has 0 rings (SSSR count). The van der Waals surface area contributed by atoms with Crippen molar-refractivity contribution in [3.05, 3.63) is 24.3 Å². The van der Waals surface area contributed by atoms with Gasteiger partial charge >= 0.3 is 0 Å². The second kappa shape index (κ2) is 34.4. The molecule has 0 aromatic heterocycles. The molecule has 38 heavy (non-hydrogen) atoms. The van der Waals surface area contributed by atoms with Crippen molar-refractivity contribution < 1.29 is 5.11 Å². The number of hydrogen-bond acceptors (Lipinski definition) is 2. The highest BCUT2D eigenvalue weighted by molar-refractivity contribution is 4.84. The van der Waals surface area contributed by atoms with Gasteiger partial charge in [0, 0.05) is 0 Å². The van der Waals surface area contributed by atoms with Crippen molar-refractivity contribution in [3.8, 4) is 0 Å². The van der Waals surface area contributed by atoms with Gasteiger partial charge in [0.15, 0.2) is 0 Å². The molecule has 0 spiro atoms. The molecular weight excluding hydrogens is 462 g/mol. The minimum atomic E-state index is -0.136. The van der Waals surface area contributed by atoms with E-state index in [2.05, 4.69) is 31.2 Å². The van der Waals surface area contributed by atoms with Gasteiger partial charge in [-0.2, -0.15) is 0 Å². The summed E-state index contributed by atoms with van der Waals surface area (Å²) in [5, 5.41) is 10.2. The first-order chi connectivity index (χ1) is 18.8. The van der Waals surface area contributed by atoms with Crippen LogP contribution in [0.15, 0.2) is 24.3 Å². The Hall–Kier alpha value is -0.600. The fourth-order valence-electron chi connectivity index (χ4n) is 5.29. The van der Waals surface area contributed by atoms with Crippen LogP contribution in [0.25, 0.3) is 0 Å². The van der Waals surface area contributed by atoms with Crippen LogP contribution in [0.2, 0.25) is 0 Å². The molecule has 0 saturated heterocycles. The Morgan fingerprint density at radius 1 is 0.447 bits per heavy atom. The van der Waals surface area contributed by atoms with Crippen molar-refractivity contribution in [3.63, 3.8) is 0 Å². The van der Waals surface area contributed by atoms with Gasteiger partial charge in [-0.05, 0) is 64.3 Å². The molecular formula is C36H71NO. The van der Waals surface area contributed by atoms with E-state index in [-0.39, 0.29) is 6.10 Å². The normalized spacial score (nSPS) is 12.8. The summed E-state index contributed by atoms with van der Waals surface area (Å²) >= 11 is 0. The van der Waals surface area contributed by atoms with Crippen LogP contribution < -0.4 is 5.73 Å². The summed E-state index contributed by atoms with van der Waals surface area (Å²) in [7, 11) is 0. The van der Waals surface area contributed by atoms with Crippen molar-refractivity contribution in [1.29, 1.82) is 0 Å². The van der Waals surface area contributed by atoms with Gasteiger partial charge in [-0.3, -0.25) is 0 Å². The van der Waals surface area contributed by atoms with Crippen LogP contribution in [0.5, 0.6) is 0 Å². The highest BCUT2D eigenvalue weighted by Crippen LogP contribution is 2.15. The van der Waals surface area contributed by atoms with Gasteiger partial charge in [-0.15, -0.1) is 0 Å². The molecule has 0 aromatic carbocycles. The van der Waals surface area contributed by atoms with E-state index in [4.69, 9.17) is 5.73 Å². The van der Waals surface area contributed by atoms with Gasteiger partial charge in [-0.25, -0.2) is 0 Å². The van der Waals surface area contributed by atoms with E-state index in [1.165, 1.54) is 173 Å². The number of rotatable bonds is 32. The van der Waals surface area contributed by atoms with Crippen LogP contribution in [0.3, 0.4) is 0 Å². The van der Waals surface area contributed by atoms with Gasteiger partial charge in [0.2, 0.25) is 0 Å². The third-order valence-electron chi connectivity index (χ3n) is 7.95. The van der Waals surface area contributed by atoms with Gasteiger partial charge in [0.05, 0.1) is 6.10 Å². The lowest BCUT2D eigenvalue weighted by atomic mass is 10.0. The Kier molecular flexibility index (Phi) is 33.9. The maximum absolute atomic E-state index is 10.2. The van der Waals surface area contributed by atoms with Crippen LogP contribution in [0.4, 0.5) is 0 Å². The summed E-state index contributed by atoms with van der Waals surface area (Å²) in [6, 6.07) is 0. The Morgan fingerprint density at radius 2 is 0.789 bits per heavy atom. The van der Waals surface area contributed by atoms with Crippen molar-refractivity contribution in [1.82, 2.24) is 0 Å². The van der Waals surface area contributed by atoms with Crippen LogP contribution in [-0.2, 0) is 0 Å². The number of aliphatic hydroxyl groups is 1. The lowest BCUT2D eigenvalue weighted by molar-refractivity contribution is 0.163. The summed E-state index contributed by atoms with van der Waals surface area (Å²) in [6.45, 7) is 3.13. The molecule has 0 unspecified atom stereocenters. The average molecular weight is 534 g/mol. The molecule has 0 amide bonds. The minimum absolute atomic E-state index is 0.136. The van der Waals surface area contributed by atoms with E-state index in [1.807, 2.05) is 0 Å². The summed E-state index contributed by atoms with van der Waals surface area (Å²) < 4.78 is 0. The molecule has 1 atom stereocenters. The average Bonchev–Trinajstić information content (AvgIpc) is 2.92. The van der Waals surface area contributed by atoms with E-state index in [0.29, 0.717) is 0 Å². The molecule has 0 bridgehead atoms. The number of nitrogens with two attached hydrogens (primary N) is 1. The maximum atomic E-state index is 10.2. The standard InChI is InChI=1S/C36H71NO/c1-2-3-4-5-6-7-8-9-10-11-12-13-14-15-16-17-18-19-21-24-27-30-33-36(38)34-31-28-25-22-20-23-26-29-32-35-37/h9-10,28,31,36,38H,2-8,11-27,29-30,32-35,37H2,1H3/b10-9-,31-28-/t36-/m1/s1. The Bertz CT molecular complexity index is 472. The summed E-state index contributed by atoms with van der Waals surface area (Å²) in [4.78, 5) is 0. The Labute approximate surface area is 240 Å². The zero-order valence-electron chi connectivity index (χ0n) is 26.1. The number of allylic oxidation sites excluding steroid dienone is 3. The fraction of sp³-hybridized carbons (Fsp3) is 0.889. The highest BCUT2D eigenvalue weighted by atomic mass is 16.3. The lowest BCUT2D eigenvalue weighted by Crippen LogP contribution is -2.04. The predicted molar refractivity (Wildman–Crippen MR) is 173 cm³/mol. The molecule has 0 radical (unpaired) electrons. The first-order valence-corrected chi connectivity index (χ1v) is 17.5. The number of unbranched alkanes of at least 4 members (excludes halogenated alkanes) is 24. The Morgan fingerprint density at radius 3 is 1.21 bits per heavy atom. The first-order valence-electron chi connectivity index (χ1n) is 17.5. The molecule has 0 aliphatic rings. The molecule has 0 saturated carbocycles. The zero-order chi connectivity index (χ0) is 27.6. The topological polar surface area (TPSA) is 46.2 Å². The first kappa shape index (κ1) is 37.4. The molecule has 0 fully saturated rings. The van der Waals surface area contributed by atoms with E-state index in [0.717, 1.165) is 19.4 Å². The van der Waals surface area contributed by atoms with Gasteiger partial charge in [0.25, 0.3) is 0 Å². The predicted octanol–water partition coefficient (Wildman–Crippen LogP) is 11.8. The monoisotopic (exact) mass is 534 g/mol. The highest BCUT2D eigenvalue weighted by Gasteiger charge is 2.01. The van der Waals surface area contributed by atoms with E-state index in [9.17, 15) is 5.11 Å². The van der Waals surface area contributed by atoms with Crippen LogP contribution in [0, 0.1) is 0 Å². The van der Waals surface area contributed by atoms with Gasteiger partial charge < -0.3 is 10.8 Å². The molecule has 0 aliphatic heterocycles. The van der Waals surface area contributed by atoms with Crippen molar-refractivity contribution in [2.24, 2.45) is 5.73 Å². The van der Waals surface area contributed by atoms with E-state index >= 15 is 0 Å². The van der Waals surface area contributed by atoms with Gasteiger partial charge in [-0.1, -0.05) is 160 Å². The largest absolute Gasteiger partial charge is 0.393 e. The molecule has 0 aliphatic carbocycles. The number of hydrogen-bond donors (Lipinski definition) is 2. The van der Waals surface area contributed by atoms with Crippen LogP contribution in [0.1, 0.15) is 193 Å². The Balaban J connectivity index is 3.21. The second-order valence-corrected chi connectivity index (χ2v) is 11.9. The maximum Gasteiger partial charge on any atom is 0.0574 e. The summed E-state index contributed by atoms with van der Waals surface area (Å²) in [5.74, 6) is 0.